The number of ether oxygens (including phenoxy) is 1. The normalized spacial score (nSPS) is 14.2. The molecule has 0 radical (unpaired) electrons. The zero-order chi connectivity index (χ0) is 23.3. The molecule has 1 aliphatic carbocycles. The third kappa shape index (κ3) is 5.28. The number of nitrogens with one attached hydrogen (secondary N) is 2. The highest BCUT2D eigenvalue weighted by atomic mass is 16.5. The molecule has 7 heteroatoms. The minimum absolute atomic E-state index is 0.0222. The third-order valence-corrected chi connectivity index (χ3v) is 5.90. The van der Waals surface area contributed by atoms with Crippen LogP contribution in [0.1, 0.15) is 50.7 Å². The lowest BCUT2D eigenvalue weighted by atomic mass is 9.98. The molecule has 2 amide bonds. The van der Waals surface area contributed by atoms with Crippen molar-refractivity contribution in [1.29, 1.82) is 0 Å². The first-order valence-corrected chi connectivity index (χ1v) is 11.0. The Hall–Kier alpha value is -3.35. The highest BCUT2D eigenvalue weighted by molar-refractivity contribution is 5.84. The van der Waals surface area contributed by atoms with Gasteiger partial charge >= 0.3 is 12.1 Å². The summed E-state index contributed by atoms with van der Waals surface area (Å²) in [7, 11) is 0. The summed E-state index contributed by atoms with van der Waals surface area (Å²) in [6.07, 6.45) is -0.331. The number of hydrogen-bond acceptors (Lipinski definition) is 4. The van der Waals surface area contributed by atoms with Crippen molar-refractivity contribution in [2.24, 2.45) is 5.92 Å². The lowest BCUT2D eigenvalue weighted by Gasteiger charge is -2.23. The lowest BCUT2D eigenvalue weighted by Crippen LogP contribution is -2.46. The summed E-state index contributed by atoms with van der Waals surface area (Å²) >= 11 is 0. The van der Waals surface area contributed by atoms with Gasteiger partial charge in [-0.25, -0.2) is 9.59 Å². The predicted molar refractivity (Wildman–Crippen MR) is 121 cm³/mol. The molecule has 170 valence electrons. The van der Waals surface area contributed by atoms with Crippen LogP contribution in [0.3, 0.4) is 0 Å². The highest BCUT2D eigenvalue weighted by Crippen LogP contribution is 2.44. The highest BCUT2D eigenvalue weighted by Gasteiger charge is 2.30. The minimum atomic E-state index is -1.08. The second-order valence-corrected chi connectivity index (χ2v) is 8.39. The topological polar surface area (TPSA) is 105 Å². The molecule has 2 aromatic rings. The van der Waals surface area contributed by atoms with Gasteiger partial charge in [-0.05, 0) is 34.6 Å². The number of benzene rings is 2. The average Bonchev–Trinajstić information content (AvgIpc) is 3.09. The van der Waals surface area contributed by atoms with E-state index in [9.17, 15) is 14.4 Å². The van der Waals surface area contributed by atoms with E-state index in [0.29, 0.717) is 0 Å². The van der Waals surface area contributed by atoms with Gasteiger partial charge in [-0.15, -0.1) is 0 Å². The molecule has 2 aromatic carbocycles. The van der Waals surface area contributed by atoms with Crippen LogP contribution in [0, 0.1) is 5.92 Å². The fraction of sp³-hybridized carbons (Fsp3) is 0.400. The van der Waals surface area contributed by atoms with Crippen molar-refractivity contribution in [3.63, 3.8) is 0 Å². The minimum Gasteiger partial charge on any atom is -0.480 e. The van der Waals surface area contributed by atoms with E-state index in [-0.39, 0.29) is 31.3 Å². The zero-order valence-corrected chi connectivity index (χ0v) is 18.6. The summed E-state index contributed by atoms with van der Waals surface area (Å²) in [4.78, 5) is 36.0. The van der Waals surface area contributed by atoms with Gasteiger partial charge in [0.2, 0.25) is 5.91 Å². The summed E-state index contributed by atoms with van der Waals surface area (Å²) in [6.45, 7) is 5.65. The largest absolute Gasteiger partial charge is 0.480 e. The van der Waals surface area contributed by atoms with E-state index >= 15 is 0 Å². The van der Waals surface area contributed by atoms with Crippen LogP contribution in [0.2, 0.25) is 0 Å². The summed E-state index contributed by atoms with van der Waals surface area (Å²) < 4.78 is 5.57. The standard InChI is InChI=1S/C25H30N2O5/c1-4-21(24(29)30)26-23(28)13-22(15(2)3)27-25(31)32-14-20-18-11-7-5-9-16(18)17-10-6-8-12-19(17)20/h5-12,15,20-22H,4,13-14H2,1-3H3,(H,26,28)(H,27,31)(H,29,30)/t21-,22-/m1/s1. The van der Waals surface area contributed by atoms with Crippen molar-refractivity contribution >= 4 is 18.0 Å². The molecule has 3 N–H and O–H groups in total. The van der Waals surface area contributed by atoms with Gasteiger partial charge in [0.05, 0.1) is 0 Å². The van der Waals surface area contributed by atoms with Crippen LogP contribution in [-0.4, -0.2) is 41.8 Å². The van der Waals surface area contributed by atoms with Crippen LogP contribution in [0.25, 0.3) is 11.1 Å². The first-order chi connectivity index (χ1) is 15.3. The van der Waals surface area contributed by atoms with Crippen molar-refractivity contribution in [2.75, 3.05) is 6.61 Å². The number of hydrogen-bond donors (Lipinski definition) is 3. The van der Waals surface area contributed by atoms with Crippen molar-refractivity contribution in [2.45, 2.75) is 51.6 Å². The first-order valence-electron chi connectivity index (χ1n) is 11.0. The molecular weight excluding hydrogens is 408 g/mol. The summed E-state index contributed by atoms with van der Waals surface area (Å²) in [5.41, 5.74) is 4.55. The number of amides is 2. The third-order valence-electron chi connectivity index (χ3n) is 5.90. The van der Waals surface area contributed by atoms with Gasteiger partial charge in [-0.2, -0.15) is 0 Å². The Bertz CT molecular complexity index is 942. The molecule has 0 spiro atoms. The molecule has 0 bridgehead atoms. The molecule has 7 nitrogen and oxygen atoms in total. The molecule has 2 atom stereocenters. The van der Waals surface area contributed by atoms with E-state index in [0.717, 1.165) is 22.3 Å². The Morgan fingerprint density at radius 1 is 0.969 bits per heavy atom. The van der Waals surface area contributed by atoms with Crippen molar-refractivity contribution in [3.8, 4) is 11.1 Å². The number of alkyl carbamates (subject to hydrolysis) is 1. The second kappa shape index (κ2) is 10.3. The molecule has 0 aliphatic heterocycles. The van der Waals surface area contributed by atoms with Crippen LogP contribution in [0.5, 0.6) is 0 Å². The number of carbonyl (C=O) groups excluding carboxylic acids is 2. The van der Waals surface area contributed by atoms with Gasteiger partial charge in [0, 0.05) is 18.4 Å². The van der Waals surface area contributed by atoms with Gasteiger partial charge in [0.1, 0.15) is 12.6 Å². The van der Waals surface area contributed by atoms with E-state index in [1.807, 2.05) is 38.1 Å². The quantitative estimate of drug-likeness (QED) is 0.550. The van der Waals surface area contributed by atoms with Crippen LogP contribution >= 0.6 is 0 Å². The Kier molecular flexibility index (Phi) is 7.51. The molecule has 1 aliphatic rings. The van der Waals surface area contributed by atoms with Crippen LogP contribution in [-0.2, 0) is 14.3 Å². The fourth-order valence-corrected chi connectivity index (χ4v) is 4.04. The van der Waals surface area contributed by atoms with Gasteiger partial charge in [0.15, 0.2) is 0 Å². The number of rotatable bonds is 9. The number of aliphatic carboxylic acids is 1. The van der Waals surface area contributed by atoms with E-state index in [1.54, 1.807) is 6.92 Å². The monoisotopic (exact) mass is 438 g/mol. The maximum Gasteiger partial charge on any atom is 0.407 e. The molecular formula is C25H30N2O5. The predicted octanol–water partition coefficient (Wildman–Crippen LogP) is 3.92. The molecule has 32 heavy (non-hydrogen) atoms. The van der Waals surface area contributed by atoms with E-state index in [1.165, 1.54) is 0 Å². The molecule has 0 unspecified atom stereocenters. The Labute approximate surface area is 188 Å². The Morgan fingerprint density at radius 3 is 2.03 bits per heavy atom. The Morgan fingerprint density at radius 2 is 1.53 bits per heavy atom. The van der Waals surface area contributed by atoms with Crippen molar-refractivity contribution < 1.29 is 24.2 Å². The molecule has 0 heterocycles. The average molecular weight is 439 g/mol. The lowest BCUT2D eigenvalue weighted by molar-refractivity contribution is -0.142. The molecule has 0 saturated heterocycles. The summed E-state index contributed by atoms with van der Waals surface area (Å²) in [5.74, 6) is -1.58. The van der Waals surface area contributed by atoms with Gasteiger partial charge in [-0.1, -0.05) is 69.3 Å². The molecule has 0 fully saturated rings. The second-order valence-electron chi connectivity index (χ2n) is 8.39. The van der Waals surface area contributed by atoms with Crippen molar-refractivity contribution in [1.82, 2.24) is 10.6 Å². The fourth-order valence-electron chi connectivity index (χ4n) is 4.04. The van der Waals surface area contributed by atoms with Crippen molar-refractivity contribution in [3.05, 3.63) is 59.7 Å². The SMILES string of the molecule is CC[C@@H](NC(=O)C[C@@H](NC(=O)OCC1c2ccccc2-c2ccccc21)C(C)C)C(=O)O. The van der Waals surface area contributed by atoms with Gasteiger partial charge in [0.25, 0.3) is 0 Å². The zero-order valence-electron chi connectivity index (χ0n) is 18.6. The maximum absolute atomic E-state index is 12.5. The van der Waals surface area contributed by atoms with Gasteiger partial charge < -0.3 is 20.5 Å². The smallest absolute Gasteiger partial charge is 0.407 e. The van der Waals surface area contributed by atoms with Crippen LogP contribution in [0.4, 0.5) is 4.79 Å². The number of carbonyl (C=O) groups is 3. The molecule has 3 rings (SSSR count). The summed E-state index contributed by atoms with van der Waals surface area (Å²) in [5, 5.41) is 14.4. The van der Waals surface area contributed by atoms with Gasteiger partial charge in [-0.3, -0.25) is 4.79 Å². The van der Waals surface area contributed by atoms with Crippen LogP contribution in [0.15, 0.2) is 48.5 Å². The van der Waals surface area contributed by atoms with E-state index < -0.39 is 30.1 Å². The number of carboxylic acid groups (broad SMARTS) is 1. The number of carboxylic acids is 1. The molecule has 0 saturated carbocycles. The number of fused-ring (bicyclic) bond motifs is 3. The van der Waals surface area contributed by atoms with E-state index in [2.05, 4.69) is 34.9 Å². The molecule has 0 aromatic heterocycles. The van der Waals surface area contributed by atoms with Crippen LogP contribution < -0.4 is 10.6 Å². The Balaban J connectivity index is 1.61. The summed E-state index contributed by atoms with van der Waals surface area (Å²) in [6, 6.07) is 14.8. The maximum atomic E-state index is 12.5. The first kappa shape index (κ1) is 23.3. The van der Waals surface area contributed by atoms with E-state index in [4.69, 9.17) is 9.84 Å².